The Kier molecular flexibility index (Phi) is 17.2. The van der Waals surface area contributed by atoms with Crippen LogP contribution in [0.2, 0.25) is 0 Å². The van der Waals surface area contributed by atoms with Gasteiger partial charge in [-0.1, -0.05) is 253 Å². The van der Waals surface area contributed by atoms with Crippen molar-refractivity contribution in [3.05, 3.63) is 177 Å². The molecule has 2 aliphatic carbocycles. The Bertz CT molecular complexity index is 3850. The summed E-state index contributed by atoms with van der Waals surface area (Å²) in [4.78, 5) is 23.0. The molecular weight excluding hydrogens is 1150 g/mol. The maximum atomic E-state index is 5.91. The van der Waals surface area contributed by atoms with E-state index in [9.17, 15) is 0 Å². The van der Waals surface area contributed by atoms with Crippen molar-refractivity contribution in [3.8, 4) is 34.2 Å². The number of aromatic nitrogens is 3. The standard InChI is InChI=1S/C89H114BN5/c1-82(2,3)62-39-59(40-63(47-62)83(4,5)6)79-91-80(60-41-64(84(7,8)9)48-65(42-60)85(10,11)12)93-81(92-79)61-45-76-78-77(46-61)95(71-53-68(88(19,20)21)50-69(54-71)89(22,23)24)75-44-58(56-33-29-26-30-34-56)36-38-73(75)90(78)72-37-35-57(55-31-27-25-28-32-55)43-74(72)94(76)70-51-66(86(13,14)15)49-67(52-70)87(16,17)18/h35-56H,25-34H2,1-24H3. The third-order valence-corrected chi connectivity index (χ3v) is 21.8. The summed E-state index contributed by atoms with van der Waals surface area (Å²) in [6.45, 7) is 56.5. The maximum absolute atomic E-state index is 5.91. The summed E-state index contributed by atoms with van der Waals surface area (Å²) in [7, 11) is 0. The zero-order chi connectivity index (χ0) is 68.7. The van der Waals surface area contributed by atoms with Crippen LogP contribution in [0.1, 0.15) is 298 Å². The Morgan fingerprint density at radius 1 is 0.284 bits per heavy atom. The van der Waals surface area contributed by atoms with E-state index in [0.29, 0.717) is 29.3 Å². The fourth-order valence-corrected chi connectivity index (χ4v) is 15.3. The highest BCUT2D eigenvalue weighted by atomic mass is 15.2. The SMILES string of the molecule is CC(C)(C)c1cc(-c2nc(-c3cc(C(C)(C)C)cc(C(C)(C)C)c3)nc(-c3cc4c5c(c3)N(c3cc(C(C)(C)C)cc(C(C)(C)C)c3)c3cc(C6CCCCC6)ccc3B5c3ccc(C5CCCCC5)cc3N4c3cc(C(C)(C)C)cc(C(C)(C)C)c3)n2)cc(C(C)(C)C)c1. The van der Waals surface area contributed by atoms with Gasteiger partial charge in [0.25, 0.3) is 6.71 Å². The highest BCUT2D eigenvalue weighted by molar-refractivity contribution is 7.00. The molecule has 0 unspecified atom stereocenters. The van der Waals surface area contributed by atoms with Crippen LogP contribution in [-0.4, -0.2) is 21.7 Å². The average molecular weight is 1260 g/mol. The number of hydrogen-bond acceptors (Lipinski definition) is 5. The Morgan fingerprint density at radius 2 is 0.537 bits per heavy atom. The predicted octanol–water partition coefficient (Wildman–Crippen LogP) is 23.4. The van der Waals surface area contributed by atoms with Crippen LogP contribution in [0, 0.1) is 0 Å². The molecule has 95 heavy (non-hydrogen) atoms. The summed E-state index contributed by atoms with van der Waals surface area (Å²) in [6, 6.07) is 49.9. The number of hydrogen-bond donors (Lipinski definition) is 0. The van der Waals surface area contributed by atoms with Crippen molar-refractivity contribution in [3.63, 3.8) is 0 Å². The van der Waals surface area contributed by atoms with Crippen LogP contribution < -0.4 is 26.2 Å². The third kappa shape index (κ3) is 13.7. The molecular formula is C89H114BN5. The van der Waals surface area contributed by atoms with E-state index >= 15 is 0 Å². The van der Waals surface area contributed by atoms with E-state index in [-0.39, 0.29) is 50.0 Å². The molecule has 0 saturated heterocycles. The minimum absolute atomic E-state index is 0.0653. The van der Waals surface area contributed by atoms with Crippen molar-refractivity contribution in [2.24, 2.45) is 0 Å². The number of fused-ring (bicyclic) bond motifs is 4. The monoisotopic (exact) mass is 1260 g/mol. The minimum Gasteiger partial charge on any atom is -0.311 e. The molecule has 1 aromatic heterocycles. The van der Waals surface area contributed by atoms with E-state index < -0.39 is 0 Å². The Balaban J connectivity index is 1.27. The molecule has 0 N–H and O–H groups in total. The van der Waals surface area contributed by atoms with Gasteiger partial charge < -0.3 is 9.80 Å². The fraction of sp³-hybridized carbons (Fsp3) is 0.494. The smallest absolute Gasteiger partial charge is 0.252 e. The molecule has 0 radical (unpaired) electrons. The Morgan fingerprint density at radius 3 is 0.800 bits per heavy atom. The van der Waals surface area contributed by atoms with Gasteiger partial charge in [-0.15, -0.1) is 0 Å². The van der Waals surface area contributed by atoms with Gasteiger partial charge in [0.1, 0.15) is 0 Å². The molecule has 2 fully saturated rings. The number of anilines is 6. The first-order chi connectivity index (χ1) is 44.1. The molecule has 0 spiro atoms. The quantitative estimate of drug-likeness (QED) is 0.149. The molecule has 0 atom stereocenters. The van der Waals surface area contributed by atoms with Crippen molar-refractivity contribution in [1.29, 1.82) is 0 Å². The van der Waals surface area contributed by atoms with E-state index in [0.717, 1.165) is 16.7 Å². The minimum atomic E-state index is -0.128. The highest BCUT2D eigenvalue weighted by Gasteiger charge is 2.46. The molecule has 498 valence electrons. The molecule has 0 bridgehead atoms. The lowest BCUT2D eigenvalue weighted by Crippen LogP contribution is -2.61. The van der Waals surface area contributed by atoms with Gasteiger partial charge in [-0.3, -0.25) is 0 Å². The first kappa shape index (κ1) is 68.2. The van der Waals surface area contributed by atoms with Crippen molar-refractivity contribution in [1.82, 2.24) is 15.0 Å². The largest absolute Gasteiger partial charge is 0.311 e. The van der Waals surface area contributed by atoms with Crippen LogP contribution in [0.4, 0.5) is 34.1 Å². The summed E-state index contributed by atoms with van der Waals surface area (Å²) in [5, 5.41) is 0. The fourth-order valence-electron chi connectivity index (χ4n) is 15.3. The molecule has 3 heterocycles. The Hall–Kier alpha value is -6.79. The van der Waals surface area contributed by atoms with Crippen LogP contribution in [-0.2, 0) is 43.3 Å². The first-order valence-electron chi connectivity index (χ1n) is 36.6. The van der Waals surface area contributed by atoms with Gasteiger partial charge in [0.2, 0.25) is 0 Å². The lowest BCUT2D eigenvalue weighted by atomic mass is 9.33. The van der Waals surface area contributed by atoms with Crippen molar-refractivity contribution in [2.75, 3.05) is 9.80 Å². The van der Waals surface area contributed by atoms with Crippen LogP contribution in [0.5, 0.6) is 0 Å². The first-order valence-corrected chi connectivity index (χ1v) is 36.6. The van der Waals surface area contributed by atoms with Crippen LogP contribution in [0.3, 0.4) is 0 Å². The van der Waals surface area contributed by atoms with Gasteiger partial charge in [-0.05, 0) is 226 Å². The van der Waals surface area contributed by atoms with Crippen LogP contribution in [0.15, 0.2) is 121 Å². The maximum Gasteiger partial charge on any atom is 0.252 e. The van der Waals surface area contributed by atoms with Gasteiger partial charge in [-0.25, -0.2) is 15.0 Å². The molecule has 7 aromatic carbocycles. The van der Waals surface area contributed by atoms with Crippen molar-refractivity contribution < 1.29 is 0 Å². The molecule has 0 amide bonds. The third-order valence-electron chi connectivity index (χ3n) is 21.8. The molecule has 4 aliphatic rings. The number of nitrogens with zero attached hydrogens (tertiary/aromatic N) is 5. The van der Waals surface area contributed by atoms with E-state index in [1.54, 1.807) is 0 Å². The van der Waals surface area contributed by atoms with Gasteiger partial charge in [0.15, 0.2) is 17.5 Å². The molecule has 5 nitrogen and oxygen atoms in total. The number of benzene rings is 7. The predicted molar refractivity (Wildman–Crippen MR) is 411 cm³/mol. The lowest BCUT2D eigenvalue weighted by Gasteiger charge is -2.45. The normalized spacial score (nSPS) is 16.3. The topological polar surface area (TPSA) is 45.2 Å². The molecule has 12 rings (SSSR count). The highest BCUT2D eigenvalue weighted by Crippen LogP contribution is 2.51. The summed E-state index contributed by atoms with van der Waals surface area (Å²) in [5.41, 5.74) is 26.6. The van der Waals surface area contributed by atoms with Crippen molar-refractivity contribution >= 4 is 57.2 Å². The van der Waals surface area contributed by atoms with E-state index in [1.807, 2.05) is 0 Å². The van der Waals surface area contributed by atoms with Gasteiger partial charge in [0.05, 0.1) is 0 Å². The number of rotatable bonds is 7. The van der Waals surface area contributed by atoms with E-state index in [1.165, 1.54) is 170 Å². The molecule has 6 heteroatoms. The van der Waals surface area contributed by atoms with Gasteiger partial charge in [0, 0.05) is 50.8 Å². The average Bonchev–Trinajstić information content (AvgIpc) is 0.696. The summed E-state index contributed by atoms with van der Waals surface area (Å²) < 4.78 is 0. The van der Waals surface area contributed by atoms with Gasteiger partial charge in [-0.2, -0.15) is 0 Å². The molecule has 8 aromatic rings. The second-order valence-electron chi connectivity index (χ2n) is 37.8. The van der Waals surface area contributed by atoms with E-state index in [4.69, 9.17) is 15.0 Å². The van der Waals surface area contributed by atoms with Crippen molar-refractivity contribution in [2.45, 2.75) is 286 Å². The molecule has 2 aliphatic heterocycles. The second-order valence-corrected chi connectivity index (χ2v) is 37.8. The van der Waals surface area contributed by atoms with Gasteiger partial charge >= 0.3 is 0 Å². The lowest BCUT2D eigenvalue weighted by molar-refractivity contribution is 0.444. The molecule has 2 saturated carbocycles. The van der Waals surface area contributed by atoms with Crippen LogP contribution >= 0.6 is 0 Å². The zero-order valence-corrected chi connectivity index (χ0v) is 63.1. The Labute approximate surface area is 575 Å². The van der Waals surface area contributed by atoms with Crippen LogP contribution in [0.25, 0.3) is 34.2 Å². The summed E-state index contributed by atoms with van der Waals surface area (Å²) >= 11 is 0. The summed E-state index contributed by atoms with van der Waals surface area (Å²) in [5.74, 6) is 3.06. The zero-order valence-electron chi connectivity index (χ0n) is 63.1. The van der Waals surface area contributed by atoms with E-state index in [2.05, 4.69) is 297 Å². The second kappa shape index (κ2) is 24.0. The summed E-state index contributed by atoms with van der Waals surface area (Å²) in [6.07, 6.45) is 12.6.